The van der Waals surface area contributed by atoms with Gasteiger partial charge in [-0.15, -0.1) is 5.10 Å². The molecule has 0 bridgehead atoms. The van der Waals surface area contributed by atoms with E-state index in [1.807, 2.05) is 27.7 Å². The Hall–Kier alpha value is -2.18. The molecule has 7 nitrogen and oxygen atoms in total. The SMILES string of the molecule is Cc1nc2nc(N)nn2c(C)c1CC(=O)NC(C)C. The van der Waals surface area contributed by atoms with Crippen molar-refractivity contribution in [3.63, 3.8) is 0 Å². The van der Waals surface area contributed by atoms with Crippen molar-refractivity contribution >= 4 is 17.6 Å². The largest absolute Gasteiger partial charge is 0.366 e. The standard InChI is InChI=1S/C12H18N6O/c1-6(2)14-10(19)5-9-7(3)15-12-16-11(13)17-18(12)8(9)4/h6H,5H2,1-4H3,(H2,13,17)(H,14,19). The number of aryl methyl sites for hydroxylation is 2. The first-order valence-corrected chi connectivity index (χ1v) is 6.16. The third-order valence-corrected chi connectivity index (χ3v) is 2.85. The monoisotopic (exact) mass is 262 g/mol. The maximum absolute atomic E-state index is 11.9. The molecule has 2 aromatic heterocycles. The minimum atomic E-state index is -0.0320. The lowest BCUT2D eigenvalue weighted by atomic mass is 10.1. The summed E-state index contributed by atoms with van der Waals surface area (Å²) in [4.78, 5) is 20.2. The van der Waals surface area contributed by atoms with Gasteiger partial charge in [-0.1, -0.05) is 0 Å². The molecule has 0 fully saturated rings. The second kappa shape index (κ2) is 4.83. The van der Waals surface area contributed by atoms with Crippen molar-refractivity contribution in [1.82, 2.24) is 24.9 Å². The van der Waals surface area contributed by atoms with E-state index in [4.69, 9.17) is 5.73 Å². The maximum Gasteiger partial charge on any atom is 0.254 e. The van der Waals surface area contributed by atoms with Gasteiger partial charge in [-0.3, -0.25) is 4.79 Å². The van der Waals surface area contributed by atoms with Crippen LogP contribution in [0.4, 0.5) is 5.95 Å². The summed E-state index contributed by atoms with van der Waals surface area (Å²) < 4.78 is 1.57. The Balaban J connectivity index is 2.40. The molecule has 19 heavy (non-hydrogen) atoms. The summed E-state index contributed by atoms with van der Waals surface area (Å²) in [6.07, 6.45) is 0.276. The predicted molar refractivity (Wildman–Crippen MR) is 71.7 cm³/mol. The Morgan fingerprint density at radius 3 is 2.68 bits per heavy atom. The molecule has 2 aromatic rings. The molecule has 0 aromatic carbocycles. The zero-order valence-corrected chi connectivity index (χ0v) is 11.6. The van der Waals surface area contributed by atoms with Crippen molar-refractivity contribution in [3.05, 3.63) is 17.0 Å². The molecule has 7 heteroatoms. The van der Waals surface area contributed by atoms with Crippen LogP contribution in [0.2, 0.25) is 0 Å². The Bertz CT molecular complexity index is 631. The van der Waals surface area contributed by atoms with Crippen LogP contribution in [0.5, 0.6) is 0 Å². The van der Waals surface area contributed by atoms with Crippen molar-refractivity contribution < 1.29 is 4.79 Å². The van der Waals surface area contributed by atoms with Crippen LogP contribution in [-0.4, -0.2) is 31.5 Å². The average molecular weight is 262 g/mol. The Morgan fingerprint density at radius 1 is 1.37 bits per heavy atom. The Labute approximate surface area is 111 Å². The molecule has 0 aliphatic heterocycles. The van der Waals surface area contributed by atoms with Crippen molar-refractivity contribution in [1.29, 1.82) is 0 Å². The molecule has 3 N–H and O–H groups in total. The highest BCUT2D eigenvalue weighted by Gasteiger charge is 2.15. The van der Waals surface area contributed by atoms with E-state index in [9.17, 15) is 4.79 Å². The number of rotatable bonds is 3. The van der Waals surface area contributed by atoms with Gasteiger partial charge in [-0.2, -0.15) is 9.50 Å². The fraction of sp³-hybridized carbons (Fsp3) is 0.500. The van der Waals surface area contributed by atoms with Gasteiger partial charge in [-0.05, 0) is 27.7 Å². The van der Waals surface area contributed by atoms with E-state index in [0.717, 1.165) is 17.0 Å². The molecular formula is C12H18N6O. The van der Waals surface area contributed by atoms with Crippen LogP contribution in [0.1, 0.15) is 30.8 Å². The van der Waals surface area contributed by atoms with Gasteiger partial charge in [0.15, 0.2) is 0 Å². The number of nitrogen functional groups attached to an aromatic ring is 1. The third kappa shape index (κ3) is 2.64. The van der Waals surface area contributed by atoms with Gasteiger partial charge in [-0.25, -0.2) is 4.98 Å². The summed E-state index contributed by atoms with van der Waals surface area (Å²) in [5, 5.41) is 6.93. The lowest BCUT2D eigenvalue weighted by molar-refractivity contribution is -0.120. The number of nitrogens with zero attached hydrogens (tertiary/aromatic N) is 4. The number of aromatic nitrogens is 4. The number of amides is 1. The number of nitrogens with one attached hydrogen (secondary N) is 1. The summed E-state index contributed by atoms with van der Waals surface area (Å²) in [7, 11) is 0. The van der Waals surface area contributed by atoms with E-state index in [1.54, 1.807) is 4.52 Å². The first kappa shape index (κ1) is 13.3. The van der Waals surface area contributed by atoms with E-state index < -0.39 is 0 Å². The van der Waals surface area contributed by atoms with Crippen molar-refractivity contribution in [3.8, 4) is 0 Å². The fourth-order valence-electron chi connectivity index (χ4n) is 2.01. The van der Waals surface area contributed by atoms with Gasteiger partial charge in [0.2, 0.25) is 11.9 Å². The summed E-state index contributed by atoms with van der Waals surface area (Å²) >= 11 is 0. The van der Waals surface area contributed by atoms with Crippen LogP contribution >= 0.6 is 0 Å². The predicted octanol–water partition coefficient (Wildman–Crippen LogP) is 0.390. The molecule has 2 heterocycles. The van der Waals surface area contributed by atoms with Crippen LogP contribution in [-0.2, 0) is 11.2 Å². The first-order chi connectivity index (χ1) is 8.88. The van der Waals surface area contributed by atoms with Gasteiger partial charge in [0.05, 0.1) is 6.42 Å². The number of fused-ring (bicyclic) bond motifs is 1. The molecule has 0 aliphatic carbocycles. The van der Waals surface area contributed by atoms with Crippen LogP contribution in [0.3, 0.4) is 0 Å². The van der Waals surface area contributed by atoms with Crippen LogP contribution in [0.25, 0.3) is 5.78 Å². The number of anilines is 1. The number of hydrogen-bond acceptors (Lipinski definition) is 5. The second-order valence-electron chi connectivity index (χ2n) is 4.84. The van der Waals surface area contributed by atoms with E-state index in [0.29, 0.717) is 5.78 Å². The zero-order valence-electron chi connectivity index (χ0n) is 11.6. The highest BCUT2D eigenvalue weighted by molar-refractivity contribution is 5.79. The highest BCUT2D eigenvalue weighted by Crippen LogP contribution is 2.14. The average Bonchev–Trinajstić information content (AvgIpc) is 2.64. The smallest absolute Gasteiger partial charge is 0.254 e. The summed E-state index contributed by atoms with van der Waals surface area (Å²) in [5.74, 6) is 0.606. The van der Waals surface area contributed by atoms with Gasteiger partial charge in [0, 0.05) is 23.0 Å². The third-order valence-electron chi connectivity index (χ3n) is 2.85. The highest BCUT2D eigenvalue weighted by atomic mass is 16.1. The van der Waals surface area contributed by atoms with E-state index >= 15 is 0 Å². The minimum absolute atomic E-state index is 0.0320. The lowest BCUT2D eigenvalue weighted by Gasteiger charge is -2.12. The number of carbonyl (C=O) groups is 1. The molecular weight excluding hydrogens is 244 g/mol. The molecule has 0 saturated carbocycles. The molecule has 102 valence electrons. The first-order valence-electron chi connectivity index (χ1n) is 6.16. The van der Waals surface area contributed by atoms with Gasteiger partial charge < -0.3 is 11.1 Å². The molecule has 1 amide bonds. The number of hydrogen-bond donors (Lipinski definition) is 2. The minimum Gasteiger partial charge on any atom is -0.366 e. The van der Waals surface area contributed by atoms with Gasteiger partial charge >= 0.3 is 0 Å². The number of nitrogens with two attached hydrogens (primary N) is 1. The van der Waals surface area contributed by atoms with E-state index in [1.165, 1.54) is 0 Å². The molecule has 2 rings (SSSR count). The Morgan fingerprint density at radius 2 is 2.05 bits per heavy atom. The van der Waals surface area contributed by atoms with E-state index in [-0.39, 0.29) is 24.3 Å². The maximum atomic E-state index is 11.9. The molecule has 0 radical (unpaired) electrons. The van der Waals surface area contributed by atoms with Crippen LogP contribution in [0, 0.1) is 13.8 Å². The van der Waals surface area contributed by atoms with Crippen molar-refractivity contribution in [2.75, 3.05) is 5.73 Å². The summed E-state index contributed by atoms with van der Waals surface area (Å²) in [6, 6.07) is 0.117. The lowest BCUT2D eigenvalue weighted by Crippen LogP contribution is -2.32. The van der Waals surface area contributed by atoms with Crippen LogP contribution < -0.4 is 11.1 Å². The Kier molecular flexibility index (Phi) is 3.37. The van der Waals surface area contributed by atoms with Crippen LogP contribution in [0.15, 0.2) is 0 Å². The van der Waals surface area contributed by atoms with Gasteiger partial charge in [0.25, 0.3) is 5.78 Å². The second-order valence-corrected chi connectivity index (χ2v) is 4.84. The molecule has 0 saturated heterocycles. The van der Waals surface area contributed by atoms with E-state index in [2.05, 4.69) is 20.4 Å². The summed E-state index contributed by atoms with van der Waals surface area (Å²) in [6.45, 7) is 7.60. The molecule has 0 aliphatic rings. The zero-order chi connectivity index (χ0) is 14.2. The molecule has 0 atom stereocenters. The normalized spacial score (nSPS) is 11.2. The molecule has 0 unspecified atom stereocenters. The molecule has 0 spiro atoms. The fourth-order valence-corrected chi connectivity index (χ4v) is 2.01. The van der Waals surface area contributed by atoms with Crippen molar-refractivity contribution in [2.45, 2.75) is 40.2 Å². The van der Waals surface area contributed by atoms with Gasteiger partial charge in [0.1, 0.15) is 0 Å². The van der Waals surface area contributed by atoms with Crippen molar-refractivity contribution in [2.24, 2.45) is 0 Å². The summed E-state index contributed by atoms with van der Waals surface area (Å²) in [5.41, 5.74) is 8.03. The topological polar surface area (TPSA) is 98.2 Å². The number of carbonyl (C=O) groups excluding carboxylic acids is 1. The quantitative estimate of drug-likeness (QED) is 0.833.